The maximum absolute atomic E-state index is 13.9. The number of sulfonamides is 1. The van der Waals surface area contributed by atoms with Gasteiger partial charge in [-0.25, -0.2) is 18.4 Å². The Balaban J connectivity index is 0.925. The molecule has 0 aliphatic carbocycles. The molecular weight excluding hydrogens is 868 g/mol. The Labute approximate surface area is 384 Å². The number of benzene rings is 5. The Kier molecular flexibility index (Phi) is 15.0. The van der Waals surface area contributed by atoms with Crippen molar-refractivity contribution in [1.82, 2.24) is 19.8 Å². The minimum atomic E-state index is -4.29. The van der Waals surface area contributed by atoms with Gasteiger partial charge < -0.3 is 19.9 Å². The summed E-state index contributed by atoms with van der Waals surface area (Å²) in [5, 5.41) is 17.2. The van der Waals surface area contributed by atoms with Gasteiger partial charge in [0.25, 0.3) is 15.7 Å². The molecule has 2 saturated heterocycles. The molecule has 1 atom stereocenters. The van der Waals surface area contributed by atoms with Crippen molar-refractivity contribution in [3.63, 3.8) is 0 Å². The summed E-state index contributed by atoms with van der Waals surface area (Å²) in [5.41, 5.74) is 5.10. The molecule has 1 aromatic heterocycles. The highest BCUT2D eigenvalue weighted by molar-refractivity contribution is 7.99. The van der Waals surface area contributed by atoms with Gasteiger partial charge in [0.2, 0.25) is 0 Å². The summed E-state index contributed by atoms with van der Waals surface area (Å²) in [7, 11) is -4.29. The number of anilines is 3. The molecule has 2 aliphatic rings. The molecule has 0 saturated carbocycles. The van der Waals surface area contributed by atoms with Crippen molar-refractivity contribution >= 4 is 67.2 Å². The number of nitro benzene ring substituents is 1. The number of halogens is 1. The molecule has 6 aromatic rings. The van der Waals surface area contributed by atoms with Gasteiger partial charge in [0.05, 0.1) is 21.4 Å². The summed E-state index contributed by atoms with van der Waals surface area (Å²) in [6, 6.07) is 36.0. The van der Waals surface area contributed by atoms with Gasteiger partial charge in [-0.1, -0.05) is 66.2 Å². The molecule has 2 fully saturated rings. The van der Waals surface area contributed by atoms with Crippen LogP contribution in [0.1, 0.15) is 31.7 Å². The van der Waals surface area contributed by atoms with E-state index in [1.165, 1.54) is 29.6 Å². The number of thioether (sulfide) groups is 1. The number of hydrogen-bond acceptors (Lipinski definition) is 12. The molecule has 2 aliphatic heterocycles. The second kappa shape index (κ2) is 21.1. The molecule has 16 heteroatoms. The van der Waals surface area contributed by atoms with Crippen LogP contribution in [0, 0.1) is 10.1 Å². The van der Waals surface area contributed by atoms with Gasteiger partial charge in [-0.2, -0.15) is 0 Å². The highest BCUT2D eigenvalue weighted by Crippen LogP contribution is 2.33. The number of nitrogens with one attached hydrogen (secondary N) is 2. The van der Waals surface area contributed by atoms with Gasteiger partial charge in [0.1, 0.15) is 12.0 Å². The van der Waals surface area contributed by atoms with E-state index < -0.39 is 14.9 Å². The second-order valence-corrected chi connectivity index (χ2v) is 19.4. The van der Waals surface area contributed by atoms with Crippen LogP contribution in [0.4, 0.5) is 22.9 Å². The first-order valence-corrected chi connectivity index (χ1v) is 24.6. The molecule has 0 unspecified atom stereocenters. The third-order valence-electron chi connectivity index (χ3n) is 11.9. The van der Waals surface area contributed by atoms with Crippen LogP contribution in [0.25, 0.3) is 22.0 Å². The predicted molar refractivity (Wildman–Crippen MR) is 258 cm³/mol. The number of ether oxygens (including phenoxy) is 1. The van der Waals surface area contributed by atoms with E-state index in [1.807, 2.05) is 67.6 Å². The van der Waals surface area contributed by atoms with Gasteiger partial charge >= 0.3 is 0 Å². The predicted octanol–water partition coefficient (Wildman–Crippen LogP) is 9.45. The van der Waals surface area contributed by atoms with Crippen LogP contribution in [0.15, 0.2) is 131 Å². The molecule has 0 amide bonds. The van der Waals surface area contributed by atoms with Crippen molar-refractivity contribution in [3.8, 4) is 11.1 Å². The summed E-state index contributed by atoms with van der Waals surface area (Å²) in [6.45, 7) is 9.61. The molecule has 334 valence electrons. The van der Waals surface area contributed by atoms with Crippen molar-refractivity contribution in [2.24, 2.45) is 0 Å². The standard InChI is InChI=1S/C48H53ClN8O5S2/c1-2-62-40-21-24-54(25-22-40)23-20-38(33-63-41-9-4-3-5-10-41)52-45-19-17-42(31-47(45)57(58)59)64(60,61)53-48-44-18-16-39(30-46(44)50-34-51-48)56-28-26-55(27-29-56)32-36-8-6-7-11-43(36)35-12-14-37(49)15-13-35/h3-19,30-31,34,38,40,52H,2,20-29,32-33H2,1H3,(H,50,51,53)/t38-/m1/s1. The molecule has 5 aromatic carbocycles. The zero-order valence-electron chi connectivity index (χ0n) is 35.8. The minimum absolute atomic E-state index is 0.0915. The lowest BCUT2D eigenvalue weighted by Gasteiger charge is -2.36. The number of aromatic nitrogens is 2. The third-order valence-corrected chi connectivity index (χ3v) is 14.7. The van der Waals surface area contributed by atoms with Crippen LogP contribution in [-0.2, 0) is 21.3 Å². The average molecular weight is 922 g/mol. The van der Waals surface area contributed by atoms with E-state index in [0.717, 1.165) is 93.8 Å². The summed E-state index contributed by atoms with van der Waals surface area (Å²) in [6.07, 6.45) is 4.32. The van der Waals surface area contributed by atoms with Crippen LogP contribution < -0.4 is 14.9 Å². The van der Waals surface area contributed by atoms with Gasteiger partial charge in [-0.3, -0.25) is 19.7 Å². The quantitative estimate of drug-likeness (QED) is 0.0481. The van der Waals surface area contributed by atoms with Crippen molar-refractivity contribution < 1.29 is 18.1 Å². The van der Waals surface area contributed by atoms with E-state index in [1.54, 1.807) is 11.8 Å². The van der Waals surface area contributed by atoms with E-state index in [0.29, 0.717) is 28.3 Å². The number of nitro groups is 1. The maximum atomic E-state index is 13.9. The lowest BCUT2D eigenvalue weighted by Crippen LogP contribution is -2.46. The van der Waals surface area contributed by atoms with Crippen molar-refractivity contribution in [1.29, 1.82) is 0 Å². The monoisotopic (exact) mass is 920 g/mol. The first-order chi connectivity index (χ1) is 31.1. The lowest BCUT2D eigenvalue weighted by atomic mass is 9.99. The Morgan fingerprint density at radius 2 is 1.62 bits per heavy atom. The number of piperidine rings is 1. The van der Waals surface area contributed by atoms with Gasteiger partial charge in [0.15, 0.2) is 5.82 Å². The van der Waals surface area contributed by atoms with Crippen LogP contribution >= 0.6 is 23.4 Å². The summed E-state index contributed by atoms with van der Waals surface area (Å²) in [4.78, 5) is 28.8. The highest BCUT2D eigenvalue weighted by Gasteiger charge is 2.26. The van der Waals surface area contributed by atoms with E-state index in [9.17, 15) is 18.5 Å². The molecule has 0 radical (unpaired) electrons. The normalized spacial score (nSPS) is 15.9. The molecule has 3 heterocycles. The highest BCUT2D eigenvalue weighted by atomic mass is 35.5. The fourth-order valence-electron chi connectivity index (χ4n) is 8.44. The molecule has 0 bridgehead atoms. The molecule has 0 spiro atoms. The topological polar surface area (TPSA) is 146 Å². The van der Waals surface area contributed by atoms with Crippen molar-refractivity contribution in [2.45, 2.75) is 54.7 Å². The summed E-state index contributed by atoms with van der Waals surface area (Å²) < 4.78 is 36.2. The van der Waals surface area contributed by atoms with Crippen LogP contribution in [-0.4, -0.2) is 103 Å². The maximum Gasteiger partial charge on any atom is 0.293 e. The Morgan fingerprint density at radius 3 is 2.38 bits per heavy atom. The Morgan fingerprint density at radius 1 is 0.875 bits per heavy atom. The smallest absolute Gasteiger partial charge is 0.293 e. The number of nitrogens with zero attached hydrogens (tertiary/aromatic N) is 6. The van der Waals surface area contributed by atoms with E-state index >= 15 is 0 Å². The van der Waals surface area contributed by atoms with Gasteiger partial charge in [-0.15, -0.1) is 11.8 Å². The van der Waals surface area contributed by atoms with Crippen molar-refractivity contribution in [2.75, 3.05) is 73.1 Å². The first kappa shape index (κ1) is 45.3. The minimum Gasteiger partial charge on any atom is -0.378 e. The van der Waals surface area contributed by atoms with Crippen LogP contribution in [0.3, 0.4) is 0 Å². The summed E-state index contributed by atoms with van der Waals surface area (Å²) in [5.74, 6) is 0.756. The third kappa shape index (κ3) is 11.5. The Hall–Kier alpha value is -5.29. The fourth-order valence-corrected chi connectivity index (χ4v) is 10.6. The molecule has 13 nitrogen and oxygen atoms in total. The lowest BCUT2D eigenvalue weighted by molar-refractivity contribution is -0.384. The number of hydrogen-bond donors (Lipinski definition) is 2. The number of rotatable bonds is 18. The van der Waals surface area contributed by atoms with E-state index in [2.05, 4.69) is 71.1 Å². The number of piperazine rings is 1. The molecule has 64 heavy (non-hydrogen) atoms. The largest absolute Gasteiger partial charge is 0.378 e. The van der Waals surface area contributed by atoms with Crippen LogP contribution in [0.5, 0.6) is 0 Å². The molecule has 2 N–H and O–H groups in total. The molecule has 8 rings (SSSR count). The zero-order chi connectivity index (χ0) is 44.5. The average Bonchev–Trinajstić information content (AvgIpc) is 3.31. The fraction of sp³-hybridized carbons (Fsp3) is 0.333. The molecular formula is C48H53ClN8O5S2. The summed E-state index contributed by atoms with van der Waals surface area (Å²) >= 11 is 7.83. The van der Waals surface area contributed by atoms with Gasteiger partial charge in [0, 0.05) is 97.8 Å². The zero-order valence-corrected chi connectivity index (χ0v) is 38.2. The Bertz CT molecular complexity index is 2630. The van der Waals surface area contributed by atoms with Gasteiger partial charge in [-0.05, 0) is 97.5 Å². The number of fused-ring (bicyclic) bond motifs is 1. The SMILES string of the molecule is CCOC1CCN(CC[C@H](CSc2ccccc2)Nc2ccc(S(=O)(=O)Nc3ncnc4cc(N5CCN(Cc6ccccc6-c6ccc(Cl)cc6)CC5)ccc34)cc2[N+](=O)[O-])CC1. The second-order valence-electron chi connectivity index (χ2n) is 16.1. The van der Waals surface area contributed by atoms with E-state index in [-0.39, 0.29) is 34.2 Å². The first-order valence-electron chi connectivity index (χ1n) is 21.8. The van der Waals surface area contributed by atoms with Crippen LogP contribution in [0.2, 0.25) is 5.02 Å². The van der Waals surface area contributed by atoms with Crippen molar-refractivity contribution in [3.05, 3.63) is 142 Å². The number of likely N-dealkylation sites (tertiary alicyclic amines) is 1. The van der Waals surface area contributed by atoms with E-state index in [4.69, 9.17) is 16.3 Å².